The summed E-state index contributed by atoms with van der Waals surface area (Å²) in [5.41, 5.74) is 8.47. The van der Waals surface area contributed by atoms with E-state index < -0.39 is 5.91 Å². The van der Waals surface area contributed by atoms with Gasteiger partial charge in [0.15, 0.2) is 11.8 Å². The number of rotatable bonds is 3. The van der Waals surface area contributed by atoms with Crippen LogP contribution < -0.4 is 16.0 Å². The number of aromatic amines is 2. The molecule has 4 bridgehead atoms. The van der Waals surface area contributed by atoms with Crippen LogP contribution in [0.4, 0.5) is 5.69 Å². The number of nitrogens with one attached hydrogen (secondary N) is 3. The Bertz CT molecular complexity index is 754. The normalized spacial score (nSPS) is 34.9. The van der Waals surface area contributed by atoms with E-state index in [0.717, 1.165) is 40.5 Å². The lowest BCUT2D eigenvalue weighted by Crippen LogP contribution is -2.51. The average molecular weight is 312 g/mol. The van der Waals surface area contributed by atoms with Crippen LogP contribution >= 0.6 is 0 Å². The summed E-state index contributed by atoms with van der Waals surface area (Å²) in [7, 11) is 0. The molecule has 23 heavy (non-hydrogen) atoms. The molecule has 4 aliphatic carbocycles. The van der Waals surface area contributed by atoms with Crippen LogP contribution in [0, 0.1) is 23.7 Å². The van der Waals surface area contributed by atoms with E-state index in [1.54, 1.807) is 12.5 Å². The van der Waals surface area contributed by atoms with Gasteiger partial charge in [-0.3, -0.25) is 9.78 Å². The fourth-order valence-corrected chi connectivity index (χ4v) is 5.60. The Labute approximate surface area is 134 Å². The predicted octanol–water partition coefficient (Wildman–Crippen LogP) is 1.71. The molecule has 2 heterocycles. The standard InChI is InChI=1S/C17H21N5O/c18-16(23)12-6-19-17-15(20-7-21-17)14(12)22-13-10-2-8-1-9(4-10)5-11(13)3-8/h6-11,13H,1-5H2,(H2,18,23)(H2,19,20,21,22)/p+1. The minimum absolute atomic E-state index is 0.430. The Hall–Kier alpha value is -2.11. The monoisotopic (exact) mass is 312 g/mol. The molecule has 0 aliphatic heterocycles. The summed E-state index contributed by atoms with van der Waals surface area (Å²) in [6.07, 6.45) is 10.1. The van der Waals surface area contributed by atoms with Crippen LogP contribution in [0.2, 0.25) is 0 Å². The van der Waals surface area contributed by atoms with Gasteiger partial charge in [-0.1, -0.05) is 0 Å². The first-order valence-corrected chi connectivity index (χ1v) is 8.63. The van der Waals surface area contributed by atoms with Gasteiger partial charge in [0.1, 0.15) is 11.8 Å². The highest BCUT2D eigenvalue weighted by molar-refractivity contribution is 6.04. The van der Waals surface area contributed by atoms with Crippen molar-refractivity contribution in [1.82, 2.24) is 9.97 Å². The van der Waals surface area contributed by atoms with Gasteiger partial charge in [-0.05, 0) is 55.8 Å². The number of anilines is 1. The van der Waals surface area contributed by atoms with E-state index >= 15 is 0 Å². The maximum atomic E-state index is 11.9. The number of hydrogen-bond donors (Lipinski definition) is 3. The van der Waals surface area contributed by atoms with Crippen LogP contribution in [0.3, 0.4) is 0 Å². The van der Waals surface area contributed by atoms with Crippen LogP contribution in [0.5, 0.6) is 0 Å². The molecule has 0 saturated heterocycles. The number of aromatic nitrogens is 3. The third-order valence-corrected chi connectivity index (χ3v) is 6.31. The molecule has 0 aromatic carbocycles. The van der Waals surface area contributed by atoms with Gasteiger partial charge in [0, 0.05) is 6.04 Å². The Morgan fingerprint density at radius 1 is 1.22 bits per heavy atom. The summed E-state index contributed by atoms with van der Waals surface area (Å²) in [6, 6.07) is 0.454. The van der Waals surface area contributed by atoms with Crippen molar-refractivity contribution in [2.75, 3.05) is 5.32 Å². The zero-order valence-electron chi connectivity index (χ0n) is 13.0. The highest BCUT2D eigenvalue weighted by Crippen LogP contribution is 2.54. The van der Waals surface area contributed by atoms with Crippen molar-refractivity contribution in [2.45, 2.75) is 38.1 Å². The molecule has 0 atom stereocenters. The molecule has 1 amide bonds. The van der Waals surface area contributed by atoms with Crippen LogP contribution in [-0.2, 0) is 0 Å². The third kappa shape index (κ3) is 1.97. The molecular formula is C17H22N5O+. The topological polar surface area (TPSA) is 97.9 Å². The molecule has 6 heteroatoms. The van der Waals surface area contributed by atoms with Crippen LogP contribution in [0.15, 0.2) is 12.5 Å². The number of nitrogens with two attached hydrogens (primary N) is 1. The molecule has 6 nitrogen and oxygen atoms in total. The maximum Gasteiger partial charge on any atom is 0.301 e. The van der Waals surface area contributed by atoms with E-state index in [1.165, 1.54) is 32.1 Å². The number of carbonyl (C=O) groups is 1. The molecule has 2 aromatic rings. The summed E-state index contributed by atoms with van der Waals surface area (Å²) in [5, 5.41) is 3.71. The maximum absolute atomic E-state index is 11.9. The second-order valence-electron chi connectivity index (χ2n) is 7.67. The summed E-state index contributed by atoms with van der Waals surface area (Å²) < 4.78 is 0. The van der Waals surface area contributed by atoms with Gasteiger partial charge in [0.05, 0.1) is 5.69 Å². The Morgan fingerprint density at radius 2 is 1.91 bits per heavy atom. The lowest BCUT2D eigenvalue weighted by Gasteiger charge is -2.54. The molecular weight excluding hydrogens is 290 g/mol. The highest BCUT2D eigenvalue weighted by Gasteiger charge is 2.48. The molecule has 4 fully saturated rings. The number of fused-ring (bicyclic) bond motifs is 1. The van der Waals surface area contributed by atoms with Gasteiger partial charge in [-0.25, -0.2) is 4.98 Å². The van der Waals surface area contributed by atoms with E-state index in [4.69, 9.17) is 5.73 Å². The summed E-state index contributed by atoms with van der Waals surface area (Å²) >= 11 is 0. The van der Waals surface area contributed by atoms with E-state index in [0.29, 0.717) is 11.6 Å². The molecule has 4 aliphatic rings. The zero-order valence-corrected chi connectivity index (χ0v) is 13.0. The number of pyridine rings is 1. The Balaban J connectivity index is 1.55. The molecule has 0 unspecified atom stereocenters. The fourth-order valence-electron chi connectivity index (χ4n) is 5.60. The average Bonchev–Trinajstić information content (AvgIpc) is 2.98. The minimum atomic E-state index is -0.430. The van der Waals surface area contributed by atoms with Crippen molar-refractivity contribution in [3.05, 3.63) is 18.1 Å². The van der Waals surface area contributed by atoms with E-state index in [1.807, 2.05) is 0 Å². The van der Waals surface area contributed by atoms with Gasteiger partial charge in [0.2, 0.25) is 0 Å². The van der Waals surface area contributed by atoms with Crippen molar-refractivity contribution in [1.29, 1.82) is 0 Å². The number of hydrogen-bond acceptors (Lipinski definition) is 3. The smallest absolute Gasteiger partial charge is 0.301 e. The first kappa shape index (κ1) is 13.3. The molecule has 0 radical (unpaired) electrons. The van der Waals surface area contributed by atoms with E-state index in [2.05, 4.69) is 20.3 Å². The number of H-pyrrole nitrogens is 2. The first-order chi connectivity index (χ1) is 11.2. The largest absolute Gasteiger partial charge is 0.378 e. The van der Waals surface area contributed by atoms with E-state index in [9.17, 15) is 4.79 Å². The fraction of sp³-hybridized carbons (Fsp3) is 0.588. The molecule has 5 N–H and O–H groups in total. The highest BCUT2D eigenvalue weighted by atomic mass is 16.1. The molecule has 2 aromatic heterocycles. The summed E-state index contributed by atoms with van der Waals surface area (Å²) in [4.78, 5) is 22.4. The number of amides is 1. The number of carbonyl (C=O) groups excluding carboxylic acids is 1. The zero-order chi connectivity index (χ0) is 15.6. The quantitative estimate of drug-likeness (QED) is 0.804. The number of primary amides is 1. The minimum Gasteiger partial charge on any atom is -0.378 e. The third-order valence-electron chi connectivity index (χ3n) is 6.31. The molecule has 6 rings (SSSR count). The summed E-state index contributed by atoms with van der Waals surface area (Å²) in [5.74, 6) is 2.90. The van der Waals surface area contributed by atoms with Gasteiger partial charge in [-0.2, -0.15) is 0 Å². The molecule has 0 spiro atoms. The molecule has 4 saturated carbocycles. The van der Waals surface area contributed by atoms with Gasteiger partial charge >= 0.3 is 5.65 Å². The lowest BCUT2D eigenvalue weighted by molar-refractivity contribution is -0.347. The van der Waals surface area contributed by atoms with Gasteiger partial charge in [0.25, 0.3) is 5.91 Å². The van der Waals surface area contributed by atoms with Gasteiger partial charge < -0.3 is 11.1 Å². The van der Waals surface area contributed by atoms with Crippen LogP contribution in [0.25, 0.3) is 11.2 Å². The van der Waals surface area contributed by atoms with Crippen molar-refractivity contribution >= 4 is 22.8 Å². The first-order valence-electron chi connectivity index (χ1n) is 8.63. The number of imidazole rings is 1. The van der Waals surface area contributed by atoms with E-state index in [-0.39, 0.29) is 0 Å². The Morgan fingerprint density at radius 3 is 2.57 bits per heavy atom. The summed E-state index contributed by atoms with van der Waals surface area (Å²) in [6.45, 7) is 0. The van der Waals surface area contributed by atoms with Crippen molar-refractivity contribution in [3.63, 3.8) is 0 Å². The van der Waals surface area contributed by atoms with Crippen molar-refractivity contribution < 1.29 is 9.78 Å². The predicted molar refractivity (Wildman–Crippen MR) is 85.6 cm³/mol. The van der Waals surface area contributed by atoms with Crippen LogP contribution in [-0.4, -0.2) is 21.9 Å². The second-order valence-corrected chi connectivity index (χ2v) is 7.67. The molecule has 120 valence electrons. The number of nitrogens with zero attached hydrogens (tertiary/aromatic N) is 1. The van der Waals surface area contributed by atoms with Crippen molar-refractivity contribution in [3.8, 4) is 0 Å². The SMILES string of the molecule is NC(=O)c1cnc2[nH+]c[nH]c2c1NC1C2CC3CC(C2)CC1C3. The van der Waals surface area contributed by atoms with Crippen LogP contribution in [0.1, 0.15) is 42.5 Å². The Kier molecular flexibility index (Phi) is 2.72. The van der Waals surface area contributed by atoms with Crippen molar-refractivity contribution in [2.24, 2.45) is 29.4 Å². The van der Waals surface area contributed by atoms with Gasteiger partial charge in [-0.15, -0.1) is 4.98 Å². The lowest BCUT2D eigenvalue weighted by atomic mass is 9.54. The second kappa shape index (κ2) is 4.69.